The molecular weight excluding hydrogens is 271 g/mol. The molecule has 1 aromatic carbocycles. The number of halogens is 2. The van der Waals surface area contributed by atoms with Gasteiger partial charge in [-0.2, -0.15) is 0 Å². The number of esters is 1. The average molecular weight is 289 g/mol. The van der Waals surface area contributed by atoms with Crippen molar-refractivity contribution in [2.45, 2.75) is 39.4 Å². The maximum atomic E-state index is 13.6. The maximum absolute atomic E-state index is 13.6. The number of hydrogen-bond donors (Lipinski definition) is 1. The molecule has 0 bridgehead atoms. The van der Waals surface area contributed by atoms with Crippen LogP contribution < -0.4 is 0 Å². The van der Waals surface area contributed by atoms with E-state index in [9.17, 15) is 14.3 Å². The molecule has 0 radical (unpaired) electrons. The Balaban J connectivity index is 2.90. The van der Waals surface area contributed by atoms with Crippen molar-refractivity contribution in [1.29, 1.82) is 0 Å². The zero-order valence-corrected chi connectivity index (χ0v) is 12.2. The van der Waals surface area contributed by atoms with Crippen LogP contribution in [0.3, 0.4) is 0 Å². The Kier molecular flexibility index (Phi) is 4.93. The van der Waals surface area contributed by atoms with Gasteiger partial charge in [0.1, 0.15) is 11.4 Å². The number of aliphatic hydroxyl groups excluding tert-OH is 1. The van der Waals surface area contributed by atoms with E-state index in [1.54, 1.807) is 20.8 Å². The van der Waals surface area contributed by atoms with Gasteiger partial charge in [0.25, 0.3) is 0 Å². The second-order valence-electron chi connectivity index (χ2n) is 5.43. The summed E-state index contributed by atoms with van der Waals surface area (Å²) < 4.78 is 18.8. The van der Waals surface area contributed by atoms with Gasteiger partial charge in [0.05, 0.1) is 12.0 Å². The lowest BCUT2D eigenvalue weighted by atomic mass is 9.97. The van der Waals surface area contributed by atoms with Crippen molar-refractivity contribution in [2.24, 2.45) is 5.92 Å². The van der Waals surface area contributed by atoms with Crippen molar-refractivity contribution in [2.75, 3.05) is 0 Å². The largest absolute Gasteiger partial charge is 0.460 e. The lowest BCUT2D eigenvalue weighted by molar-refractivity contribution is -0.163. The van der Waals surface area contributed by atoms with Gasteiger partial charge in [-0.25, -0.2) is 4.39 Å². The van der Waals surface area contributed by atoms with Crippen LogP contribution in [0, 0.1) is 11.7 Å². The Morgan fingerprint density at radius 3 is 2.53 bits per heavy atom. The zero-order valence-electron chi connectivity index (χ0n) is 11.4. The van der Waals surface area contributed by atoms with E-state index in [2.05, 4.69) is 0 Å². The smallest absolute Gasteiger partial charge is 0.312 e. The van der Waals surface area contributed by atoms with E-state index in [0.717, 1.165) is 6.07 Å². The van der Waals surface area contributed by atoms with Gasteiger partial charge < -0.3 is 9.84 Å². The number of carbonyl (C=O) groups excluding carboxylic acids is 1. The van der Waals surface area contributed by atoms with Gasteiger partial charge in [-0.15, -0.1) is 0 Å². The van der Waals surface area contributed by atoms with Crippen molar-refractivity contribution < 1.29 is 19.0 Å². The third kappa shape index (κ3) is 4.48. The molecule has 1 N–H and O–H groups in total. The number of rotatable bonds is 3. The Morgan fingerprint density at radius 2 is 2.00 bits per heavy atom. The molecule has 5 heteroatoms. The Labute approximate surface area is 117 Å². The van der Waals surface area contributed by atoms with Crippen molar-refractivity contribution >= 4 is 17.6 Å². The molecule has 2 atom stereocenters. The van der Waals surface area contributed by atoms with Gasteiger partial charge in [-0.05, 0) is 45.9 Å². The normalized spacial score (nSPS) is 14.9. The minimum absolute atomic E-state index is 0.00846. The highest BCUT2D eigenvalue weighted by Crippen LogP contribution is 2.28. The molecule has 0 fully saturated rings. The van der Waals surface area contributed by atoms with Crippen LogP contribution in [0.2, 0.25) is 5.02 Å². The first-order chi connectivity index (χ1) is 8.61. The maximum Gasteiger partial charge on any atom is 0.312 e. The predicted octanol–water partition coefficient (Wildman–Crippen LogP) is 3.49. The van der Waals surface area contributed by atoms with Crippen LogP contribution in [0.15, 0.2) is 18.2 Å². The van der Waals surface area contributed by atoms with Crippen LogP contribution in [0.5, 0.6) is 0 Å². The summed E-state index contributed by atoms with van der Waals surface area (Å²) in [6.45, 7) is 6.66. The molecule has 0 aliphatic carbocycles. The number of carbonyl (C=O) groups is 1. The summed E-state index contributed by atoms with van der Waals surface area (Å²) in [7, 11) is 0. The monoisotopic (exact) mass is 288 g/mol. The molecule has 1 aromatic rings. The summed E-state index contributed by atoms with van der Waals surface area (Å²) in [6.07, 6.45) is -1.30. The molecule has 0 spiro atoms. The summed E-state index contributed by atoms with van der Waals surface area (Å²) in [5.74, 6) is -2.07. The lowest BCUT2D eigenvalue weighted by Crippen LogP contribution is -2.30. The van der Waals surface area contributed by atoms with E-state index in [1.807, 2.05) is 0 Å². The standard InChI is InChI=1S/C14H18ClFO3/c1-8(13(18)19-14(2,3)4)12(17)10-7-9(15)5-6-11(10)16/h5-8,12,17H,1-4H3. The first-order valence-electron chi connectivity index (χ1n) is 5.97. The highest BCUT2D eigenvalue weighted by Gasteiger charge is 2.29. The first kappa shape index (κ1) is 15.9. The van der Waals surface area contributed by atoms with Crippen LogP contribution in [0.1, 0.15) is 39.4 Å². The van der Waals surface area contributed by atoms with E-state index < -0.39 is 29.4 Å². The van der Waals surface area contributed by atoms with Gasteiger partial charge in [0.15, 0.2) is 0 Å². The fourth-order valence-electron chi connectivity index (χ4n) is 1.53. The number of benzene rings is 1. The Hall–Kier alpha value is -1.13. The number of ether oxygens (including phenoxy) is 1. The van der Waals surface area contributed by atoms with Crippen LogP contribution in [-0.2, 0) is 9.53 Å². The molecule has 0 heterocycles. The van der Waals surface area contributed by atoms with E-state index >= 15 is 0 Å². The van der Waals surface area contributed by atoms with Gasteiger partial charge in [0.2, 0.25) is 0 Å². The van der Waals surface area contributed by atoms with Crippen LogP contribution >= 0.6 is 11.6 Å². The molecular formula is C14H18ClFO3. The molecule has 106 valence electrons. The third-order valence-corrected chi connectivity index (χ3v) is 2.76. The van der Waals surface area contributed by atoms with Crippen LogP contribution in [0.25, 0.3) is 0 Å². The summed E-state index contributed by atoms with van der Waals surface area (Å²) in [4.78, 5) is 11.8. The SMILES string of the molecule is CC(C(=O)OC(C)(C)C)C(O)c1cc(Cl)ccc1F. The molecule has 0 saturated carbocycles. The third-order valence-electron chi connectivity index (χ3n) is 2.53. The molecule has 0 amide bonds. The zero-order chi connectivity index (χ0) is 14.8. The van der Waals surface area contributed by atoms with Gasteiger partial charge >= 0.3 is 5.97 Å². The van der Waals surface area contributed by atoms with Gasteiger partial charge in [-0.3, -0.25) is 4.79 Å². The summed E-state index contributed by atoms with van der Waals surface area (Å²) in [5, 5.41) is 10.4. The van der Waals surface area contributed by atoms with Gasteiger partial charge in [0, 0.05) is 10.6 Å². The average Bonchev–Trinajstić information content (AvgIpc) is 2.28. The number of aliphatic hydroxyl groups is 1. The van der Waals surface area contributed by atoms with Crippen molar-refractivity contribution in [3.63, 3.8) is 0 Å². The lowest BCUT2D eigenvalue weighted by Gasteiger charge is -2.25. The second-order valence-corrected chi connectivity index (χ2v) is 5.87. The van der Waals surface area contributed by atoms with E-state index in [-0.39, 0.29) is 5.56 Å². The molecule has 0 aromatic heterocycles. The summed E-state index contributed by atoms with van der Waals surface area (Å²) in [5.41, 5.74) is -0.663. The van der Waals surface area contributed by atoms with Crippen LogP contribution in [-0.4, -0.2) is 16.7 Å². The van der Waals surface area contributed by atoms with E-state index in [1.165, 1.54) is 19.1 Å². The topological polar surface area (TPSA) is 46.5 Å². The highest BCUT2D eigenvalue weighted by atomic mass is 35.5. The van der Waals surface area contributed by atoms with Crippen molar-refractivity contribution in [3.8, 4) is 0 Å². The summed E-state index contributed by atoms with van der Waals surface area (Å²) >= 11 is 5.76. The van der Waals surface area contributed by atoms with Crippen molar-refractivity contribution in [1.82, 2.24) is 0 Å². The Morgan fingerprint density at radius 1 is 1.42 bits per heavy atom. The molecule has 0 saturated heterocycles. The minimum atomic E-state index is -1.30. The number of hydrogen-bond acceptors (Lipinski definition) is 3. The predicted molar refractivity (Wildman–Crippen MR) is 71.4 cm³/mol. The molecule has 19 heavy (non-hydrogen) atoms. The summed E-state index contributed by atoms with van der Waals surface area (Å²) in [6, 6.07) is 3.84. The molecule has 3 nitrogen and oxygen atoms in total. The molecule has 2 unspecified atom stereocenters. The van der Waals surface area contributed by atoms with E-state index in [0.29, 0.717) is 5.02 Å². The highest BCUT2D eigenvalue weighted by molar-refractivity contribution is 6.30. The fourth-order valence-corrected chi connectivity index (χ4v) is 1.71. The molecule has 0 aliphatic rings. The fraction of sp³-hybridized carbons (Fsp3) is 0.500. The Bertz CT molecular complexity index is 468. The minimum Gasteiger partial charge on any atom is -0.460 e. The van der Waals surface area contributed by atoms with Crippen LogP contribution in [0.4, 0.5) is 4.39 Å². The first-order valence-corrected chi connectivity index (χ1v) is 6.35. The second kappa shape index (κ2) is 5.88. The molecule has 0 aliphatic heterocycles. The van der Waals surface area contributed by atoms with E-state index in [4.69, 9.17) is 16.3 Å². The van der Waals surface area contributed by atoms with Gasteiger partial charge in [-0.1, -0.05) is 11.6 Å². The quantitative estimate of drug-likeness (QED) is 0.866. The molecule has 1 rings (SSSR count). The van der Waals surface area contributed by atoms with Crippen molar-refractivity contribution in [3.05, 3.63) is 34.6 Å².